The second kappa shape index (κ2) is 4.19. The number of nitrogens with one attached hydrogen (secondary N) is 1. The van der Waals surface area contributed by atoms with Gasteiger partial charge >= 0.3 is 0 Å². The van der Waals surface area contributed by atoms with E-state index in [1.807, 2.05) is 0 Å². The van der Waals surface area contributed by atoms with Crippen molar-refractivity contribution in [3.8, 4) is 0 Å². The van der Waals surface area contributed by atoms with E-state index in [4.69, 9.17) is 0 Å². The molecule has 2 aliphatic rings. The van der Waals surface area contributed by atoms with E-state index in [0.29, 0.717) is 0 Å². The van der Waals surface area contributed by atoms with Gasteiger partial charge in [-0.05, 0) is 59.0 Å². The van der Waals surface area contributed by atoms with Crippen LogP contribution in [-0.4, -0.2) is 37.1 Å². The van der Waals surface area contributed by atoms with Crippen LogP contribution in [0.5, 0.6) is 0 Å². The Morgan fingerprint density at radius 2 is 1.86 bits per heavy atom. The van der Waals surface area contributed by atoms with Gasteiger partial charge in [0.05, 0.1) is 0 Å². The Morgan fingerprint density at radius 3 is 2.36 bits per heavy atom. The zero-order chi connectivity index (χ0) is 10.1. The van der Waals surface area contributed by atoms with E-state index >= 15 is 0 Å². The van der Waals surface area contributed by atoms with Gasteiger partial charge in [0.1, 0.15) is 0 Å². The molecule has 3 unspecified atom stereocenters. The highest BCUT2D eigenvalue weighted by molar-refractivity contribution is 4.90. The molecule has 82 valence electrons. The van der Waals surface area contributed by atoms with Gasteiger partial charge in [-0.1, -0.05) is 0 Å². The first-order chi connectivity index (χ1) is 6.66. The van der Waals surface area contributed by atoms with Gasteiger partial charge in [-0.2, -0.15) is 0 Å². The predicted octanol–water partition coefficient (Wildman–Crippen LogP) is 1.86. The minimum absolute atomic E-state index is 0.765. The molecule has 3 atom stereocenters. The molecule has 2 fully saturated rings. The van der Waals surface area contributed by atoms with E-state index in [1.165, 1.54) is 32.1 Å². The third-order valence-corrected chi connectivity index (χ3v) is 3.96. The second-order valence-electron chi connectivity index (χ2n) is 5.42. The predicted molar refractivity (Wildman–Crippen MR) is 60.4 cm³/mol. The van der Waals surface area contributed by atoms with Gasteiger partial charge in [-0.25, -0.2) is 0 Å². The van der Waals surface area contributed by atoms with Crippen molar-refractivity contribution in [2.75, 3.05) is 14.1 Å². The Kier molecular flexibility index (Phi) is 3.13. The monoisotopic (exact) mass is 196 g/mol. The second-order valence-corrected chi connectivity index (χ2v) is 5.42. The van der Waals surface area contributed by atoms with Crippen LogP contribution in [0.2, 0.25) is 0 Å². The van der Waals surface area contributed by atoms with E-state index in [-0.39, 0.29) is 0 Å². The standard InChI is InChI=1S/C12H24N2/c1-9(10-4-5-10)13-11-6-7-12(8-11)14(2)3/h9-13H,4-8H2,1-3H3. The average molecular weight is 196 g/mol. The highest BCUT2D eigenvalue weighted by Gasteiger charge is 2.32. The van der Waals surface area contributed by atoms with Gasteiger partial charge in [-0.15, -0.1) is 0 Å². The lowest BCUT2D eigenvalue weighted by Gasteiger charge is -2.21. The maximum absolute atomic E-state index is 3.80. The summed E-state index contributed by atoms with van der Waals surface area (Å²) in [5, 5.41) is 3.80. The van der Waals surface area contributed by atoms with Crippen LogP contribution in [-0.2, 0) is 0 Å². The summed E-state index contributed by atoms with van der Waals surface area (Å²) in [6.07, 6.45) is 7.02. The molecule has 14 heavy (non-hydrogen) atoms. The van der Waals surface area contributed by atoms with E-state index in [2.05, 4.69) is 31.2 Å². The first kappa shape index (κ1) is 10.4. The molecule has 0 spiro atoms. The molecule has 2 nitrogen and oxygen atoms in total. The van der Waals surface area contributed by atoms with E-state index in [9.17, 15) is 0 Å². The summed E-state index contributed by atoms with van der Waals surface area (Å²) in [5.74, 6) is 0.994. The van der Waals surface area contributed by atoms with E-state index < -0.39 is 0 Å². The number of rotatable bonds is 4. The summed E-state index contributed by atoms with van der Waals surface area (Å²) in [6, 6.07) is 2.37. The van der Waals surface area contributed by atoms with E-state index in [1.54, 1.807) is 0 Å². The lowest BCUT2D eigenvalue weighted by atomic mass is 10.1. The number of hydrogen-bond acceptors (Lipinski definition) is 2. The molecule has 1 N–H and O–H groups in total. The minimum atomic E-state index is 0.765. The van der Waals surface area contributed by atoms with Gasteiger partial charge in [0.2, 0.25) is 0 Å². The maximum Gasteiger partial charge on any atom is 0.0105 e. The molecule has 0 bridgehead atoms. The Balaban J connectivity index is 1.72. The van der Waals surface area contributed by atoms with Crippen molar-refractivity contribution in [3.05, 3.63) is 0 Å². The Bertz CT molecular complexity index is 187. The molecule has 0 saturated heterocycles. The Labute approximate surface area is 88.1 Å². The fourth-order valence-electron chi connectivity index (χ4n) is 2.68. The first-order valence-electron chi connectivity index (χ1n) is 6.09. The van der Waals surface area contributed by atoms with Crippen LogP contribution in [0.15, 0.2) is 0 Å². The first-order valence-corrected chi connectivity index (χ1v) is 6.09. The molecule has 0 heterocycles. The quantitative estimate of drug-likeness (QED) is 0.738. The molecule has 0 aromatic carbocycles. The van der Waals surface area contributed by atoms with Crippen molar-refractivity contribution in [1.29, 1.82) is 0 Å². The van der Waals surface area contributed by atoms with Crippen molar-refractivity contribution in [2.24, 2.45) is 5.92 Å². The molecule has 0 amide bonds. The largest absolute Gasteiger partial charge is 0.311 e. The van der Waals surface area contributed by atoms with Crippen molar-refractivity contribution in [3.63, 3.8) is 0 Å². The van der Waals surface area contributed by atoms with Crippen molar-refractivity contribution in [2.45, 2.75) is 57.2 Å². The molecule has 2 aliphatic carbocycles. The topological polar surface area (TPSA) is 15.3 Å². The van der Waals surface area contributed by atoms with E-state index in [0.717, 1.165) is 24.0 Å². The van der Waals surface area contributed by atoms with Gasteiger partial charge in [0.25, 0.3) is 0 Å². The number of hydrogen-bond donors (Lipinski definition) is 1. The SMILES string of the molecule is CC(NC1CCC(N(C)C)C1)C1CC1. The summed E-state index contributed by atoms with van der Waals surface area (Å²) in [5.41, 5.74) is 0. The van der Waals surface area contributed by atoms with Crippen molar-refractivity contribution >= 4 is 0 Å². The maximum atomic E-state index is 3.80. The fraction of sp³-hybridized carbons (Fsp3) is 1.00. The third kappa shape index (κ3) is 2.48. The average Bonchev–Trinajstić information content (AvgIpc) is 2.87. The molecule has 0 aromatic rings. The summed E-state index contributed by atoms with van der Waals surface area (Å²) < 4.78 is 0. The molecule has 0 aliphatic heterocycles. The lowest BCUT2D eigenvalue weighted by Crippen LogP contribution is -2.37. The molecule has 2 rings (SSSR count). The van der Waals surface area contributed by atoms with Gasteiger partial charge in [0.15, 0.2) is 0 Å². The van der Waals surface area contributed by atoms with Crippen LogP contribution in [0, 0.1) is 5.92 Å². The third-order valence-electron chi connectivity index (χ3n) is 3.96. The highest BCUT2D eigenvalue weighted by Crippen LogP contribution is 2.33. The van der Waals surface area contributed by atoms with Crippen LogP contribution in [0.1, 0.15) is 39.0 Å². The fourth-order valence-corrected chi connectivity index (χ4v) is 2.68. The summed E-state index contributed by atoms with van der Waals surface area (Å²) in [7, 11) is 4.41. The molecule has 0 radical (unpaired) electrons. The van der Waals surface area contributed by atoms with Crippen LogP contribution in [0.4, 0.5) is 0 Å². The van der Waals surface area contributed by atoms with Crippen molar-refractivity contribution < 1.29 is 0 Å². The lowest BCUT2D eigenvalue weighted by molar-refractivity contribution is 0.290. The zero-order valence-electron chi connectivity index (χ0n) is 9.79. The van der Waals surface area contributed by atoms with Gasteiger partial charge in [-0.3, -0.25) is 0 Å². The minimum Gasteiger partial charge on any atom is -0.311 e. The molecule has 2 saturated carbocycles. The molecular weight excluding hydrogens is 172 g/mol. The van der Waals surface area contributed by atoms with Gasteiger partial charge < -0.3 is 10.2 Å². The van der Waals surface area contributed by atoms with Crippen LogP contribution in [0.25, 0.3) is 0 Å². The Morgan fingerprint density at radius 1 is 1.14 bits per heavy atom. The van der Waals surface area contributed by atoms with Crippen LogP contribution >= 0.6 is 0 Å². The summed E-state index contributed by atoms with van der Waals surface area (Å²) >= 11 is 0. The Hall–Kier alpha value is -0.0800. The van der Waals surface area contributed by atoms with Gasteiger partial charge in [0, 0.05) is 18.1 Å². The summed E-state index contributed by atoms with van der Waals surface area (Å²) in [6.45, 7) is 2.36. The molecular formula is C12H24N2. The zero-order valence-corrected chi connectivity index (χ0v) is 9.79. The van der Waals surface area contributed by atoms with Crippen LogP contribution in [0.3, 0.4) is 0 Å². The smallest absolute Gasteiger partial charge is 0.0105 e. The summed E-state index contributed by atoms with van der Waals surface area (Å²) in [4.78, 5) is 2.38. The van der Waals surface area contributed by atoms with Crippen molar-refractivity contribution in [1.82, 2.24) is 10.2 Å². The van der Waals surface area contributed by atoms with Crippen LogP contribution < -0.4 is 5.32 Å². The normalized spacial score (nSPS) is 35.1. The number of nitrogens with zero attached hydrogens (tertiary/aromatic N) is 1. The molecule has 2 heteroatoms. The highest BCUT2D eigenvalue weighted by atomic mass is 15.1. The molecule has 0 aromatic heterocycles.